The number of H-pyrrole nitrogens is 1. The summed E-state index contributed by atoms with van der Waals surface area (Å²) in [5, 5.41) is 5.04. The van der Waals surface area contributed by atoms with Crippen molar-refractivity contribution in [1.82, 2.24) is 15.3 Å². The fourth-order valence-electron chi connectivity index (χ4n) is 3.07. The number of fused-ring (bicyclic) bond motifs is 3. The summed E-state index contributed by atoms with van der Waals surface area (Å²) in [5.74, 6) is -0.0917. The van der Waals surface area contributed by atoms with Crippen molar-refractivity contribution < 1.29 is 4.79 Å². The van der Waals surface area contributed by atoms with E-state index in [1.807, 2.05) is 30.3 Å². The number of hydrogen-bond donors (Lipinski definition) is 2. The summed E-state index contributed by atoms with van der Waals surface area (Å²) >= 11 is 1.73. The van der Waals surface area contributed by atoms with E-state index < -0.39 is 0 Å². The van der Waals surface area contributed by atoms with Gasteiger partial charge in [-0.2, -0.15) is 0 Å². The molecular formula is C21H19N3OS. The van der Waals surface area contributed by atoms with Crippen LogP contribution >= 0.6 is 11.8 Å². The van der Waals surface area contributed by atoms with Crippen LogP contribution in [0.3, 0.4) is 0 Å². The molecule has 26 heavy (non-hydrogen) atoms. The van der Waals surface area contributed by atoms with Crippen molar-refractivity contribution in [2.45, 2.75) is 11.3 Å². The van der Waals surface area contributed by atoms with Gasteiger partial charge in [0.1, 0.15) is 5.69 Å². The number of thioether (sulfide) groups is 1. The average molecular weight is 361 g/mol. The van der Waals surface area contributed by atoms with Gasteiger partial charge in [-0.15, -0.1) is 11.8 Å². The number of nitrogens with zero attached hydrogens (tertiary/aromatic N) is 1. The van der Waals surface area contributed by atoms with E-state index >= 15 is 0 Å². The molecule has 5 heteroatoms. The predicted octanol–water partition coefficient (Wildman–Crippen LogP) is 4.41. The lowest BCUT2D eigenvalue weighted by Gasteiger charge is -2.05. The number of carbonyl (C=O) groups excluding carboxylic acids is 1. The predicted molar refractivity (Wildman–Crippen MR) is 108 cm³/mol. The molecule has 0 aliphatic rings. The Morgan fingerprint density at radius 1 is 1.12 bits per heavy atom. The normalized spacial score (nSPS) is 11.1. The molecule has 4 nitrogen and oxygen atoms in total. The van der Waals surface area contributed by atoms with Crippen LogP contribution in [-0.2, 0) is 6.42 Å². The van der Waals surface area contributed by atoms with Crippen molar-refractivity contribution in [3.63, 3.8) is 0 Å². The van der Waals surface area contributed by atoms with Crippen LogP contribution < -0.4 is 5.32 Å². The maximum absolute atomic E-state index is 12.5. The maximum Gasteiger partial charge on any atom is 0.267 e. The highest BCUT2D eigenvalue weighted by Gasteiger charge is 2.11. The Balaban J connectivity index is 1.46. The minimum absolute atomic E-state index is 0.0917. The smallest absolute Gasteiger partial charge is 0.267 e. The molecule has 4 aromatic rings. The standard InChI is InChI=1S/C21H19N3OS/c1-26-17-8-4-14(5-9-17)10-12-23-21(25)18-13-16-7-6-15-3-2-11-22-19(15)20(16)24-18/h2-9,11,13,24H,10,12H2,1H3,(H,23,25). The number of aromatic nitrogens is 2. The van der Waals surface area contributed by atoms with E-state index in [0.29, 0.717) is 12.2 Å². The van der Waals surface area contributed by atoms with Crippen LogP contribution in [0.4, 0.5) is 0 Å². The number of benzene rings is 2. The van der Waals surface area contributed by atoms with E-state index in [4.69, 9.17) is 0 Å². The molecule has 0 unspecified atom stereocenters. The zero-order chi connectivity index (χ0) is 17.9. The summed E-state index contributed by atoms with van der Waals surface area (Å²) in [6.07, 6.45) is 4.64. The fourth-order valence-corrected chi connectivity index (χ4v) is 3.48. The van der Waals surface area contributed by atoms with Gasteiger partial charge in [0.05, 0.1) is 11.0 Å². The number of pyridine rings is 1. The van der Waals surface area contributed by atoms with Gasteiger partial charge in [0, 0.05) is 28.4 Å². The lowest BCUT2D eigenvalue weighted by Crippen LogP contribution is -2.25. The van der Waals surface area contributed by atoms with Crippen LogP contribution in [0.15, 0.2) is 65.7 Å². The molecule has 0 aliphatic carbocycles. The average Bonchev–Trinajstić information content (AvgIpc) is 3.13. The molecular weight excluding hydrogens is 342 g/mol. The number of amides is 1. The van der Waals surface area contributed by atoms with Gasteiger partial charge >= 0.3 is 0 Å². The lowest BCUT2D eigenvalue weighted by atomic mass is 10.1. The van der Waals surface area contributed by atoms with E-state index in [2.05, 4.69) is 45.8 Å². The highest BCUT2D eigenvalue weighted by atomic mass is 32.2. The number of carbonyl (C=O) groups is 1. The first kappa shape index (κ1) is 16.7. The maximum atomic E-state index is 12.5. The Morgan fingerprint density at radius 2 is 1.92 bits per heavy atom. The molecule has 0 bridgehead atoms. The lowest BCUT2D eigenvalue weighted by molar-refractivity contribution is 0.0950. The molecule has 2 N–H and O–H groups in total. The zero-order valence-electron chi connectivity index (χ0n) is 14.5. The number of aromatic amines is 1. The largest absolute Gasteiger partial charge is 0.350 e. The van der Waals surface area contributed by atoms with Crippen LogP contribution in [0, 0.1) is 0 Å². The molecule has 0 radical (unpaired) electrons. The monoisotopic (exact) mass is 361 g/mol. The van der Waals surface area contributed by atoms with E-state index in [-0.39, 0.29) is 5.91 Å². The van der Waals surface area contributed by atoms with Crippen molar-refractivity contribution in [3.05, 3.63) is 72.1 Å². The Bertz CT molecular complexity index is 1070. The summed E-state index contributed by atoms with van der Waals surface area (Å²) in [6.45, 7) is 0.603. The molecule has 0 atom stereocenters. The first-order valence-electron chi connectivity index (χ1n) is 8.52. The SMILES string of the molecule is CSc1ccc(CCNC(=O)c2cc3ccc4cccnc4c3[nH]2)cc1. The molecule has 4 rings (SSSR count). The van der Waals surface area contributed by atoms with Gasteiger partial charge in [0.2, 0.25) is 0 Å². The van der Waals surface area contributed by atoms with Crippen LogP contribution in [0.2, 0.25) is 0 Å². The number of hydrogen-bond acceptors (Lipinski definition) is 3. The third-order valence-corrected chi connectivity index (χ3v) is 5.21. The molecule has 2 aromatic carbocycles. The minimum Gasteiger partial charge on any atom is -0.350 e. The Kier molecular flexibility index (Phi) is 4.63. The van der Waals surface area contributed by atoms with Crippen LogP contribution in [0.5, 0.6) is 0 Å². The Morgan fingerprint density at radius 3 is 2.73 bits per heavy atom. The van der Waals surface area contributed by atoms with Gasteiger partial charge in [0.15, 0.2) is 0 Å². The molecule has 2 heterocycles. The highest BCUT2D eigenvalue weighted by Crippen LogP contribution is 2.23. The first-order chi connectivity index (χ1) is 12.7. The van der Waals surface area contributed by atoms with Gasteiger partial charge in [0.25, 0.3) is 5.91 Å². The molecule has 0 saturated carbocycles. The molecule has 1 amide bonds. The van der Waals surface area contributed by atoms with Gasteiger partial charge in [-0.25, -0.2) is 0 Å². The highest BCUT2D eigenvalue weighted by molar-refractivity contribution is 7.98. The number of rotatable bonds is 5. The van der Waals surface area contributed by atoms with Gasteiger partial charge in [-0.3, -0.25) is 9.78 Å². The van der Waals surface area contributed by atoms with Crippen molar-refractivity contribution >= 4 is 39.5 Å². The second-order valence-electron chi connectivity index (χ2n) is 6.14. The molecule has 0 saturated heterocycles. The molecule has 0 fully saturated rings. The van der Waals surface area contributed by atoms with Crippen LogP contribution in [0.25, 0.3) is 21.8 Å². The third-order valence-electron chi connectivity index (χ3n) is 4.47. The summed E-state index contributed by atoms with van der Waals surface area (Å²) in [7, 11) is 0. The van der Waals surface area contributed by atoms with E-state index in [1.54, 1.807) is 18.0 Å². The second-order valence-corrected chi connectivity index (χ2v) is 7.02. The van der Waals surface area contributed by atoms with Gasteiger partial charge in [-0.05, 0) is 42.5 Å². The van der Waals surface area contributed by atoms with Gasteiger partial charge in [-0.1, -0.05) is 30.3 Å². The third kappa shape index (κ3) is 3.30. The molecule has 0 spiro atoms. The van der Waals surface area contributed by atoms with Gasteiger partial charge < -0.3 is 10.3 Å². The summed E-state index contributed by atoms with van der Waals surface area (Å²) in [5.41, 5.74) is 3.57. The summed E-state index contributed by atoms with van der Waals surface area (Å²) in [6, 6.07) is 18.3. The second kappa shape index (κ2) is 7.22. The van der Waals surface area contributed by atoms with Crippen molar-refractivity contribution in [1.29, 1.82) is 0 Å². The number of nitrogens with one attached hydrogen (secondary N) is 2. The Hall–Kier alpha value is -2.79. The van der Waals surface area contributed by atoms with E-state index in [1.165, 1.54) is 10.5 Å². The minimum atomic E-state index is -0.0917. The summed E-state index contributed by atoms with van der Waals surface area (Å²) < 4.78 is 0. The molecule has 2 aromatic heterocycles. The van der Waals surface area contributed by atoms with Crippen molar-refractivity contribution in [2.24, 2.45) is 0 Å². The quantitative estimate of drug-likeness (QED) is 0.518. The van der Waals surface area contributed by atoms with Crippen molar-refractivity contribution in [3.8, 4) is 0 Å². The topological polar surface area (TPSA) is 57.8 Å². The Labute approximate surface area is 156 Å². The van der Waals surface area contributed by atoms with Crippen molar-refractivity contribution in [2.75, 3.05) is 12.8 Å². The molecule has 0 aliphatic heterocycles. The molecule has 130 valence electrons. The zero-order valence-corrected chi connectivity index (χ0v) is 15.3. The summed E-state index contributed by atoms with van der Waals surface area (Å²) in [4.78, 5) is 21.4. The van der Waals surface area contributed by atoms with Crippen LogP contribution in [0.1, 0.15) is 16.1 Å². The fraction of sp³-hybridized carbons (Fsp3) is 0.143. The first-order valence-corrected chi connectivity index (χ1v) is 9.74. The van der Waals surface area contributed by atoms with Crippen LogP contribution in [-0.4, -0.2) is 28.7 Å². The van der Waals surface area contributed by atoms with E-state index in [0.717, 1.165) is 28.2 Å². The van der Waals surface area contributed by atoms with E-state index in [9.17, 15) is 4.79 Å².